The lowest BCUT2D eigenvalue weighted by molar-refractivity contribution is -0.0962. The predicted octanol–water partition coefficient (Wildman–Crippen LogP) is 1.27. The summed E-state index contributed by atoms with van der Waals surface area (Å²) in [6.07, 6.45) is 0.139. The molecule has 1 atom stereocenters. The van der Waals surface area contributed by atoms with Crippen LogP contribution >= 0.6 is 0 Å². The fourth-order valence-corrected chi connectivity index (χ4v) is 2.64. The van der Waals surface area contributed by atoms with Crippen molar-refractivity contribution in [3.63, 3.8) is 0 Å². The summed E-state index contributed by atoms with van der Waals surface area (Å²) in [4.78, 5) is 2.20. The maximum Gasteiger partial charge on any atom is 0.231 e. The van der Waals surface area contributed by atoms with E-state index in [0.717, 1.165) is 24.4 Å². The van der Waals surface area contributed by atoms with Gasteiger partial charge in [0.15, 0.2) is 11.5 Å². The second kappa shape index (κ2) is 6.51. The molecule has 0 bridgehead atoms. The van der Waals surface area contributed by atoms with E-state index in [-0.39, 0.29) is 12.9 Å². The van der Waals surface area contributed by atoms with Gasteiger partial charge in [-0.1, -0.05) is 0 Å². The number of hydrogen-bond acceptors (Lipinski definition) is 6. The second-order valence-electron chi connectivity index (χ2n) is 5.30. The highest BCUT2D eigenvalue weighted by molar-refractivity contribution is 5.55. The molecule has 1 fully saturated rings. The summed E-state index contributed by atoms with van der Waals surface area (Å²) in [6.45, 7) is 3.90. The molecule has 6 nitrogen and oxygen atoms in total. The molecule has 0 N–H and O–H groups in total. The molecular weight excluding hydrogens is 274 g/mol. The number of methoxy groups -OCH3 is 1. The van der Waals surface area contributed by atoms with Crippen LogP contribution in [0.2, 0.25) is 0 Å². The van der Waals surface area contributed by atoms with Crippen LogP contribution in [0.5, 0.6) is 17.2 Å². The van der Waals surface area contributed by atoms with Crippen molar-refractivity contribution >= 4 is 0 Å². The van der Waals surface area contributed by atoms with Gasteiger partial charge in [-0.25, -0.2) is 0 Å². The average molecular weight is 295 g/mol. The van der Waals surface area contributed by atoms with Gasteiger partial charge in [-0.3, -0.25) is 4.90 Å². The second-order valence-corrected chi connectivity index (χ2v) is 5.30. The van der Waals surface area contributed by atoms with Crippen molar-refractivity contribution in [3.8, 4) is 17.2 Å². The summed E-state index contributed by atoms with van der Waals surface area (Å²) in [5, 5.41) is 0. The van der Waals surface area contributed by atoms with Crippen LogP contribution < -0.4 is 14.2 Å². The molecule has 116 valence electrons. The van der Waals surface area contributed by atoms with Gasteiger partial charge in [-0.05, 0) is 24.7 Å². The van der Waals surface area contributed by atoms with E-state index in [0.29, 0.717) is 31.3 Å². The minimum Gasteiger partial charge on any atom is -0.493 e. The zero-order valence-corrected chi connectivity index (χ0v) is 12.5. The largest absolute Gasteiger partial charge is 0.493 e. The molecule has 1 aromatic carbocycles. The van der Waals surface area contributed by atoms with E-state index in [9.17, 15) is 0 Å². The normalized spacial score (nSPS) is 20.8. The Balaban J connectivity index is 1.64. The Morgan fingerprint density at radius 3 is 2.95 bits per heavy atom. The third-order valence-electron chi connectivity index (χ3n) is 3.57. The van der Waals surface area contributed by atoms with Gasteiger partial charge in [0.2, 0.25) is 12.5 Å². The number of benzene rings is 1. The van der Waals surface area contributed by atoms with Crippen LogP contribution in [0, 0.1) is 0 Å². The SMILES string of the molecule is COc1cc(CN(C)CC2COCCO2)cc2c1OCO2. The maximum absolute atomic E-state index is 5.67. The lowest BCUT2D eigenvalue weighted by Gasteiger charge is -2.27. The first-order valence-corrected chi connectivity index (χ1v) is 7.10. The van der Waals surface area contributed by atoms with Crippen molar-refractivity contribution in [3.05, 3.63) is 17.7 Å². The summed E-state index contributed by atoms with van der Waals surface area (Å²) in [5.41, 5.74) is 1.12. The van der Waals surface area contributed by atoms with Gasteiger partial charge >= 0.3 is 0 Å². The first kappa shape index (κ1) is 14.4. The first-order chi connectivity index (χ1) is 10.3. The number of fused-ring (bicyclic) bond motifs is 1. The third-order valence-corrected chi connectivity index (χ3v) is 3.57. The van der Waals surface area contributed by atoms with Crippen molar-refractivity contribution in [1.29, 1.82) is 0 Å². The summed E-state index contributed by atoms with van der Waals surface area (Å²) in [7, 11) is 3.70. The smallest absolute Gasteiger partial charge is 0.231 e. The van der Waals surface area contributed by atoms with Crippen LogP contribution in [0.4, 0.5) is 0 Å². The predicted molar refractivity (Wildman–Crippen MR) is 76.0 cm³/mol. The number of ether oxygens (including phenoxy) is 5. The van der Waals surface area contributed by atoms with Crippen LogP contribution in [-0.4, -0.2) is 58.3 Å². The summed E-state index contributed by atoms with van der Waals surface area (Å²) in [6, 6.07) is 3.99. The molecule has 0 aliphatic carbocycles. The molecule has 0 radical (unpaired) electrons. The van der Waals surface area contributed by atoms with Gasteiger partial charge in [0.05, 0.1) is 33.0 Å². The number of likely N-dealkylation sites (N-methyl/N-ethyl adjacent to an activating group) is 1. The van der Waals surface area contributed by atoms with Crippen molar-refractivity contribution in [1.82, 2.24) is 4.90 Å². The molecule has 0 amide bonds. The van der Waals surface area contributed by atoms with E-state index in [1.165, 1.54) is 0 Å². The van der Waals surface area contributed by atoms with Gasteiger partial charge in [-0.15, -0.1) is 0 Å². The van der Waals surface area contributed by atoms with E-state index in [1.807, 2.05) is 12.1 Å². The topological polar surface area (TPSA) is 49.4 Å². The number of nitrogens with zero attached hydrogens (tertiary/aromatic N) is 1. The molecule has 1 saturated heterocycles. The summed E-state index contributed by atoms with van der Waals surface area (Å²) < 4.78 is 27.3. The molecule has 1 unspecified atom stereocenters. The fourth-order valence-electron chi connectivity index (χ4n) is 2.64. The zero-order valence-electron chi connectivity index (χ0n) is 12.5. The molecule has 2 heterocycles. The van der Waals surface area contributed by atoms with Gasteiger partial charge in [-0.2, -0.15) is 0 Å². The zero-order chi connectivity index (χ0) is 14.7. The summed E-state index contributed by atoms with van der Waals surface area (Å²) >= 11 is 0. The molecule has 2 aliphatic heterocycles. The van der Waals surface area contributed by atoms with Crippen molar-refractivity contribution in [2.75, 3.05) is 47.3 Å². The van der Waals surface area contributed by atoms with Crippen molar-refractivity contribution < 1.29 is 23.7 Å². The molecular formula is C15H21NO5. The Bertz CT molecular complexity index is 487. The Kier molecular flexibility index (Phi) is 4.48. The van der Waals surface area contributed by atoms with E-state index in [4.69, 9.17) is 23.7 Å². The minimum absolute atomic E-state index is 0.139. The highest BCUT2D eigenvalue weighted by Gasteiger charge is 2.21. The molecule has 3 rings (SSSR count). The standard InChI is InChI=1S/C15H21NO5/c1-16(8-12-9-18-3-4-19-12)7-11-5-13(17-2)15-14(6-11)20-10-21-15/h5-6,12H,3-4,7-10H2,1-2H3. The van der Waals surface area contributed by atoms with Crippen LogP contribution in [0.15, 0.2) is 12.1 Å². The minimum atomic E-state index is 0.139. The maximum atomic E-state index is 5.67. The lowest BCUT2D eigenvalue weighted by Crippen LogP contribution is -2.38. The average Bonchev–Trinajstić information content (AvgIpc) is 2.95. The molecule has 0 aromatic heterocycles. The van der Waals surface area contributed by atoms with Gasteiger partial charge in [0.1, 0.15) is 0 Å². The van der Waals surface area contributed by atoms with E-state index >= 15 is 0 Å². The van der Waals surface area contributed by atoms with Gasteiger partial charge < -0.3 is 23.7 Å². The Labute approximate surface area is 124 Å². The molecule has 1 aromatic rings. The highest BCUT2D eigenvalue weighted by Crippen LogP contribution is 2.41. The van der Waals surface area contributed by atoms with Crippen LogP contribution in [0.25, 0.3) is 0 Å². The van der Waals surface area contributed by atoms with Crippen LogP contribution in [-0.2, 0) is 16.0 Å². The first-order valence-electron chi connectivity index (χ1n) is 7.10. The Hall–Kier alpha value is -1.50. The van der Waals surface area contributed by atoms with Gasteiger partial charge in [0, 0.05) is 13.1 Å². The van der Waals surface area contributed by atoms with Crippen molar-refractivity contribution in [2.45, 2.75) is 12.6 Å². The Morgan fingerprint density at radius 2 is 2.19 bits per heavy atom. The fraction of sp³-hybridized carbons (Fsp3) is 0.600. The monoisotopic (exact) mass is 295 g/mol. The quantitative estimate of drug-likeness (QED) is 0.815. The highest BCUT2D eigenvalue weighted by atomic mass is 16.7. The Morgan fingerprint density at radius 1 is 1.29 bits per heavy atom. The van der Waals surface area contributed by atoms with Crippen LogP contribution in [0.1, 0.15) is 5.56 Å². The molecule has 0 spiro atoms. The van der Waals surface area contributed by atoms with E-state index in [2.05, 4.69) is 11.9 Å². The molecule has 0 saturated carbocycles. The summed E-state index contributed by atoms with van der Waals surface area (Å²) in [5.74, 6) is 2.15. The van der Waals surface area contributed by atoms with E-state index < -0.39 is 0 Å². The molecule has 2 aliphatic rings. The third kappa shape index (κ3) is 3.40. The molecule has 6 heteroatoms. The van der Waals surface area contributed by atoms with E-state index in [1.54, 1.807) is 7.11 Å². The number of rotatable bonds is 5. The van der Waals surface area contributed by atoms with Crippen molar-refractivity contribution in [2.24, 2.45) is 0 Å². The lowest BCUT2D eigenvalue weighted by atomic mass is 10.1. The molecule has 21 heavy (non-hydrogen) atoms. The van der Waals surface area contributed by atoms with Crippen LogP contribution in [0.3, 0.4) is 0 Å². The van der Waals surface area contributed by atoms with Gasteiger partial charge in [0.25, 0.3) is 0 Å². The number of hydrogen-bond donors (Lipinski definition) is 0.